The zero-order chi connectivity index (χ0) is 30.0. The Morgan fingerprint density at radius 2 is 1.73 bits per heavy atom. The minimum atomic E-state index is -4.20. The van der Waals surface area contributed by atoms with E-state index in [4.69, 9.17) is 4.74 Å². The molecule has 3 aromatic carbocycles. The third kappa shape index (κ3) is 8.50. The molecule has 0 unspecified atom stereocenters. The number of anilines is 1. The molecule has 0 heterocycles. The topological polar surface area (TPSA) is 96.0 Å². The van der Waals surface area contributed by atoms with E-state index >= 15 is 0 Å². The number of sulfonamides is 1. The lowest BCUT2D eigenvalue weighted by Gasteiger charge is -2.32. The molecule has 0 saturated heterocycles. The molecule has 3 aromatic rings. The van der Waals surface area contributed by atoms with Gasteiger partial charge in [0.05, 0.1) is 17.2 Å². The molecule has 0 fully saturated rings. The fourth-order valence-corrected chi connectivity index (χ4v) is 6.42. The summed E-state index contributed by atoms with van der Waals surface area (Å²) in [6.45, 7) is 5.76. The van der Waals surface area contributed by atoms with Gasteiger partial charge in [0, 0.05) is 22.5 Å². The lowest BCUT2D eigenvalue weighted by atomic mass is 10.1. The standard InChI is InChI=1S/C30H36BrN3O5S2/c1-5-18-32-30(36)22(3)33(20-23-10-9-11-24(31)19-23)29(35)21-34(27-12-7-8-13-28(27)39-6-2)41(37,38)26-16-14-25(40-4)15-17-26/h7-17,19,22H,5-6,18,20-21H2,1-4H3,(H,32,36)/t22-/m0/s1. The maximum absolute atomic E-state index is 14.1. The van der Waals surface area contributed by atoms with Crippen LogP contribution in [0.2, 0.25) is 0 Å². The highest BCUT2D eigenvalue weighted by Gasteiger charge is 2.33. The summed E-state index contributed by atoms with van der Waals surface area (Å²) in [5.74, 6) is -0.508. The van der Waals surface area contributed by atoms with E-state index in [0.29, 0.717) is 18.9 Å². The predicted octanol–water partition coefficient (Wildman–Crippen LogP) is 5.71. The Morgan fingerprint density at radius 3 is 2.37 bits per heavy atom. The van der Waals surface area contributed by atoms with Crippen molar-refractivity contribution < 1.29 is 22.7 Å². The number of carbonyl (C=O) groups is 2. The molecule has 41 heavy (non-hydrogen) atoms. The summed E-state index contributed by atoms with van der Waals surface area (Å²) in [7, 11) is -4.20. The van der Waals surface area contributed by atoms with Crippen LogP contribution >= 0.6 is 27.7 Å². The van der Waals surface area contributed by atoms with E-state index in [1.165, 1.54) is 28.8 Å². The summed E-state index contributed by atoms with van der Waals surface area (Å²) < 4.78 is 35.9. The number of nitrogens with one attached hydrogen (secondary N) is 1. The minimum Gasteiger partial charge on any atom is -0.492 e. The Kier molecular flexibility index (Phi) is 12.1. The quantitative estimate of drug-likeness (QED) is 0.223. The van der Waals surface area contributed by atoms with Crippen molar-refractivity contribution in [2.24, 2.45) is 0 Å². The normalized spacial score (nSPS) is 11.9. The molecule has 0 aromatic heterocycles. The average Bonchev–Trinajstić information content (AvgIpc) is 2.97. The van der Waals surface area contributed by atoms with E-state index in [1.807, 2.05) is 37.4 Å². The fraction of sp³-hybridized carbons (Fsp3) is 0.333. The Hall–Kier alpha value is -3.02. The molecule has 0 aliphatic heterocycles. The first-order valence-electron chi connectivity index (χ1n) is 13.3. The molecular weight excluding hydrogens is 626 g/mol. The molecule has 1 atom stereocenters. The molecule has 220 valence electrons. The van der Waals surface area contributed by atoms with Gasteiger partial charge in [0.15, 0.2) is 0 Å². The van der Waals surface area contributed by atoms with Crippen molar-refractivity contribution in [1.29, 1.82) is 0 Å². The number of halogens is 1. The second-order valence-electron chi connectivity index (χ2n) is 9.21. The SMILES string of the molecule is CCCNC(=O)[C@H](C)N(Cc1cccc(Br)c1)C(=O)CN(c1ccccc1OCC)S(=O)(=O)c1ccc(SC)cc1. The van der Waals surface area contributed by atoms with Gasteiger partial charge < -0.3 is 15.0 Å². The summed E-state index contributed by atoms with van der Waals surface area (Å²) in [5.41, 5.74) is 1.03. The van der Waals surface area contributed by atoms with Gasteiger partial charge in [-0.25, -0.2) is 8.42 Å². The van der Waals surface area contributed by atoms with Crippen LogP contribution in [0.25, 0.3) is 0 Å². The van der Waals surface area contributed by atoms with Crippen molar-refractivity contribution >= 4 is 55.2 Å². The first-order chi connectivity index (χ1) is 19.6. The van der Waals surface area contributed by atoms with Crippen molar-refractivity contribution in [1.82, 2.24) is 10.2 Å². The molecule has 8 nitrogen and oxygen atoms in total. The number of rotatable bonds is 14. The zero-order valence-corrected chi connectivity index (χ0v) is 26.9. The fourth-order valence-electron chi connectivity index (χ4n) is 4.14. The molecule has 0 saturated carbocycles. The molecule has 0 aliphatic rings. The number of hydrogen-bond donors (Lipinski definition) is 1. The molecule has 0 aliphatic carbocycles. The number of benzene rings is 3. The van der Waals surface area contributed by atoms with Crippen LogP contribution in [0.3, 0.4) is 0 Å². The number of para-hydroxylation sites is 2. The summed E-state index contributed by atoms with van der Waals surface area (Å²) in [4.78, 5) is 29.4. The first-order valence-corrected chi connectivity index (χ1v) is 16.8. The summed E-state index contributed by atoms with van der Waals surface area (Å²) >= 11 is 4.96. The van der Waals surface area contributed by atoms with Gasteiger partial charge >= 0.3 is 0 Å². The lowest BCUT2D eigenvalue weighted by molar-refractivity contribution is -0.139. The minimum absolute atomic E-state index is 0.0432. The number of amides is 2. The van der Waals surface area contributed by atoms with Crippen LogP contribution in [0.5, 0.6) is 5.75 Å². The third-order valence-corrected chi connectivity index (χ3v) is 9.33. The lowest BCUT2D eigenvalue weighted by Crippen LogP contribution is -2.51. The number of carbonyl (C=O) groups excluding carboxylic acids is 2. The Balaban J connectivity index is 2.07. The van der Waals surface area contributed by atoms with Crippen LogP contribution in [0.1, 0.15) is 32.8 Å². The van der Waals surface area contributed by atoms with Crippen molar-refractivity contribution in [3.8, 4) is 5.75 Å². The first kappa shape index (κ1) is 32.5. The van der Waals surface area contributed by atoms with Gasteiger partial charge in [-0.05, 0) is 80.6 Å². The smallest absolute Gasteiger partial charge is 0.264 e. The van der Waals surface area contributed by atoms with Gasteiger partial charge in [0.25, 0.3) is 10.0 Å². The second-order valence-corrected chi connectivity index (χ2v) is 12.9. The van der Waals surface area contributed by atoms with Crippen molar-refractivity contribution in [2.45, 2.75) is 49.6 Å². The molecule has 2 amide bonds. The van der Waals surface area contributed by atoms with Crippen LogP contribution < -0.4 is 14.4 Å². The van der Waals surface area contributed by atoms with Crippen molar-refractivity contribution in [2.75, 3.05) is 30.3 Å². The van der Waals surface area contributed by atoms with Crippen LogP contribution in [-0.2, 0) is 26.2 Å². The number of hydrogen-bond acceptors (Lipinski definition) is 6. The Bertz CT molecular complexity index is 1430. The van der Waals surface area contributed by atoms with Crippen molar-refractivity contribution in [3.63, 3.8) is 0 Å². The summed E-state index contributed by atoms with van der Waals surface area (Å²) in [5, 5.41) is 2.85. The highest BCUT2D eigenvalue weighted by atomic mass is 79.9. The van der Waals surface area contributed by atoms with Crippen LogP contribution in [-0.4, -0.2) is 57.1 Å². The van der Waals surface area contributed by atoms with E-state index in [1.54, 1.807) is 50.2 Å². The maximum Gasteiger partial charge on any atom is 0.264 e. The molecule has 0 radical (unpaired) electrons. The van der Waals surface area contributed by atoms with E-state index in [9.17, 15) is 18.0 Å². The molecule has 0 spiro atoms. The van der Waals surface area contributed by atoms with Crippen molar-refractivity contribution in [3.05, 3.63) is 82.8 Å². The Morgan fingerprint density at radius 1 is 1.02 bits per heavy atom. The van der Waals surface area contributed by atoms with Crippen LogP contribution in [0.4, 0.5) is 5.69 Å². The molecule has 3 rings (SSSR count). The van der Waals surface area contributed by atoms with Gasteiger partial charge in [-0.15, -0.1) is 11.8 Å². The van der Waals surface area contributed by atoms with Gasteiger partial charge in [0.2, 0.25) is 11.8 Å². The molecule has 1 N–H and O–H groups in total. The van der Waals surface area contributed by atoms with E-state index in [2.05, 4.69) is 21.2 Å². The van der Waals surface area contributed by atoms with Crippen LogP contribution in [0, 0.1) is 0 Å². The molecule has 0 bridgehead atoms. The molecule has 11 heteroatoms. The van der Waals surface area contributed by atoms with Crippen LogP contribution in [0.15, 0.2) is 87.1 Å². The number of ether oxygens (including phenoxy) is 1. The van der Waals surface area contributed by atoms with E-state index < -0.39 is 28.5 Å². The monoisotopic (exact) mass is 661 g/mol. The second kappa shape index (κ2) is 15.3. The summed E-state index contributed by atoms with van der Waals surface area (Å²) in [6, 6.07) is 19.8. The van der Waals surface area contributed by atoms with Gasteiger partial charge in [-0.3, -0.25) is 13.9 Å². The predicted molar refractivity (Wildman–Crippen MR) is 168 cm³/mol. The number of thioether (sulfide) groups is 1. The largest absolute Gasteiger partial charge is 0.492 e. The Labute approximate surface area is 255 Å². The maximum atomic E-state index is 14.1. The van der Waals surface area contributed by atoms with E-state index in [0.717, 1.165) is 25.7 Å². The molecular formula is C30H36BrN3O5S2. The zero-order valence-electron chi connectivity index (χ0n) is 23.7. The summed E-state index contributed by atoms with van der Waals surface area (Å²) in [6.07, 6.45) is 2.65. The van der Waals surface area contributed by atoms with Gasteiger partial charge in [-0.1, -0.05) is 47.1 Å². The average molecular weight is 663 g/mol. The van der Waals surface area contributed by atoms with Gasteiger partial charge in [0.1, 0.15) is 18.3 Å². The third-order valence-electron chi connectivity index (χ3n) is 6.32. The highest BCUT2D eigenvalue weighted by molar-refractivity contribution is 9.10. The van der Waals surface area contributed by atoms with Gasteiger partial charge in [-0.2, -0.15) is 0 Å². The highest BCUT2D eigenvalue weighted by Crippen LogP contribution is 2.33. The number of nitrogens with zero attached hydrogens (tertiary/aromatic N) is 2. The van der Waals surface area contributed by atoms with E-state index in [-0.39, 0.29) is 23.0 Å².